The van der Waals surface area contributed by atoms with E-state index in [1.165, 1.54) is 71.1 Å². The normalized spacial score (nSPS) is 12.6. The van der Waals surface area contributed by atoms with Crippen LogP contribution in [0.2, 0.25) is 0 Å². The van der Waals surface area contributed by atoms with Crippen LogP contribution in [0.3, 0.4) is 0 Å². The van der Waals surface area contributed by atoms with E-state index in [0.717, 1.165) is 38.5 Å². The summed E-state index contributed by atoms with van der Waals surface area (Å²) >= 11 is 0. The van der Waals surface area contributed by atoms with Gasteiger partial charge in [-0.2, -0.15) is 0 Å². The van der Waals surface area contributed by atoms with E-state index >= 15 is 0 Å². The zero-order valence-electron chi connectivity index (χ0n) is 25.9. The summed E-state index contributed by atoms with van der Waals surface area (Å²) in [6, 6.07) is 0. The van der Waals surface area contributed by atoms with Gasteiger partial charge in [-0.15, -0.1) is 0 Å². The molecule has 0 unspecified atom stereocenters. The molecule has 0 saturated carbocycles. The molecule has 0 rings (SSSR count). The number of hydrogen-bond acceptors (Lipinski definition) is 5. The van der Waals surface area contributed by atoms with Crippen LogP contribution < -0.4 is 5.32 Å². The van der Waals surface area contributed by atoms with Crippen molar-refractivity contribution in [2.45, 2.75) is 162 Å². The minimum Gasteiger partial charge on any atom is -0.481 e. The third-order valence-electron chi connectivity index (χ3n) is 7.76. The van der Waals surface area contributed by atoms with Gasteiger partial charge < -0.3 is 15.2 Å². The monoisotopic (exact) mass is 567 g/mol. The molecule has 0 spiro atoms. The van der Waals surface area contributed by atoms with Crippen LogP contribution >= 0.6 is 0 Å². The van der Waals surface area contributed by atoms with Gasteiger partial charge in [0.2, 0.25) is 5.91 Å². The molecular formula is C33H61NO6. The smallest absolute Gasteiger partial charge is 0.306 e. The number of carbonyl (C=O) groups is 5. The van der Waals surface area contributed by atoms with E-state index in [1.807, 2.05) is 6.92 Å². The first-order valence-corrected chi connectivity index (χ1v) is 16.2. The van der Waals surface area contributed by atoms with Crippen LogP contribution in [0, 0.1) is 11.8 Å². The quantitative estimate of drug-likeness (QED) is 0.0884. The predicted molar refractivity (Wildman–Crippen MR) is 163 cm³/mol. The Hall–Kier alpha value is -2.05. The SMILES string of the molecule is CCCCCCCCCCCCCCCC(=O)C[C@@H](CCC(=O)NCCCC[C@H](C)C(=O)CCC(C)=O)C(=O)O.[HH]. The fourth-order valence-electron chi connectivity index (χ4n) is 4.93. The number of hydrogen-bond donors (Lipinski definition) is 2. The number of Topliss-reactive ketones (excluding diaryl/α,β-unsaturated/α-hetero) is 3. The van der Waals surface area contributed by atoms with Crippen molar-refractivity contribution in [2.24, 2.45) is 11.8 Å². The van der Waals surface area contributed by atoms with E-state index in [-0.39, 0.29) is 49.9 Å². The number of rotatable bonds is 29. The maximum Gasteiger partial charge on any atom is 0.306 e. The highest BCUT2D eigenvalue weighted by Crippen LogP contribution is 2.17. The topological polar surface area (TPSA) is 118 Å². The summed E-state index contributed by atoms with van der Waals surface area (Å²) in [6.45, 7) is 6.07. The lowest BCUT2D eigenvalue weighted by Gasteiger charge is -2.12. The molecule has 234 valence electrons. The lowest BCUT2D eigenvalue weighted by molar-refractivity contribution is -0.144. The van der Waals surface area contributed by atoms with Gasteiger partial charge >= 0.3 is 5.97 Å². The van der Waals surface area contributed by atoms with Crippen LogP contribution in [-0.4, -0.2) is 40.9 Å². The Morgan fingerprint density at radius 2 is 1.23 bits per heavy atom. The van der Waals surface area contributed by atoms with Crippen LogP contribution in [0.15, 0.2) is 0 Å². The Bertz CT molecular complexity index is 727. The molecule has 0 aromatic heterocycles. The van der Waals surface area contributed by atoms with E-state index in [1.54, 1.807) is 0 Å². The predicted octanol–water partition coefficient (Wildman–Crippen LogP) is 8.01. The molecular weight excluding hydrogens is 506 g/mol. The van der Waals surface area contributed by atoms with Crippen LogP contribution in [0.4, 0.5) is 0 Å². The number of carboxylic acid groups (broad SMARTS) is 1. The van der Waals surface area contributed by atoms with Crippen LogP contribution in [0.25, 0.3) is 0 Å². The summed E-state index contributed by atoms with van der Waals surface area (Å²) in [5, 5.41) is 12.3. The summed E-state index contributed by atoms with van der Waals surface area (Å²) < 4.78 is 0. The number of nitrogens with one attached hydrogen (secondary N) is 1. The first-order chi connectivity index (χ1) is 19.2. The lowest BCUT2D eigenvalue weighted by atomic mass is 9.94. The zero-order chi connectivity index (χ0) is 30.0. The summed E-state index contributed by atoms with van der Waals surface area (Å²) in [6.07, 6.45) is 19.6. The highest BCUT2D eigenvalue weighted by atomic mass is 16.4. The highest BCUT2D eigenvalue weighted by Gasteiger charge is 2.22. The molecule has 0 aliphatic heterocycles. The van der Waals surface area contributed by atoms with Crippen molar-refractivity contribution in [1.82, 2.24) is 5.32 Å². The molecule has 7 nitrogen and oxygen atoms in total. The summed E-state index contributed by atoms with van der Waals surface area (Å²) in [5.41, 5.74) is 0. The average Bonchev–Trinajstić information content (AvgIpc) is 2.91. The van der Waals surface area contributed by atoms with Gasteiger partial charge in [-0.1, -0.05) is 97.3 Å². The first kappa shape index (κ1) is 38.0. The van der Waals surface area contributed by atoms with Gasteiger partial charge in [-0.3, -0.25) is 19.2 Å². The highest BCUT2D eigenvalue weighted by molar-refractivity contribution is 5.86. The number of ketones is 3. The van der Waals surface area contributed by atoms with E-state index in [4.69, 9.17) is 0 Å². The zero-order valence-corrected chi connectivity index (χ0v) is 25.9. The third kappa shape index (κ3) is 23.8. The molecule has 0 aromatic rings. The van der Waals surface area contributed by atoms with Crippen molar-refractivity contribution in [3.8, 4) is 0 Å². The number of carboxylic acids is 1. The molecule has 2 atom stereocenters. The molecule has 0 bridgehead atoms. The molecule has 0 heterocycles. The molecule has 0 aliphatic carbocycles. The molecule has 40 heavy (non-hydrogen) atoms. The number of unbranched alkanes of at least 4 members (excludes halogenated alkanes) is 13. The molecule has 7 heteroatoms. The number of carbonyl (C=O) groups excluding carboxylic acids is 4. The van der Waals surface area contributed by atoms with E-state index in [0.29, 0.717) is 25.8 Å². The van der Waals surface area contributed by atoms with Crippen LogP contribution in [0.1, 0.15) is 163 Å². The van der Waals surface area contributed by atoms with Crippen molar-refractivity contribution in [2.75, 3.05) is 6.54 Å². The summed E-state index contributed by atoms with van der Waals surface area (Å²) in [5.74, 6) is -2.04. The van der Waals surface area contributed by atoms with Gasteiger partial charge in [-0.05, 0) is 32.6 Å². The third-order valence-corrected chi connectivity index (χ3v) is 7.76. The van der Waals surface area contributed by atoms with E-state index in [9.17, 15) is 29.1 Å². The van der Waals surface area contributed by atoms with Crippen molar-refractivity contribution in [1.29, 1.82) is 0 Å². The molecule has 0 fully saturated rings. The minimum atomic E-state index is -1.02. The van der Waals surface area contributed by atoms with Crippen molar-refractivity contribution < 1.29 is 30.5 Å². The van der Waals surface area contributed by atoms with Gasteiger partial charge in [0.05, 0.1) is 5.92 Å². The van der Waals surface area contributed by atoms with Gasteiger partial charge in [0.25, 0.3) is 0 Å². The second-order valence-electron chi connectivity index (χ2n) is 11.7. The van der Waals surface area contributed by atoms with Crippen molar-refractivity contribution in [3.05, 3.63) is 0 Å². The second-order valence-corrected chi connectivity index (χ2v) is 11.7. The Balaban J connectivity index is 0. The van der Waals surface area contributed by atoms with Gasteiger partial charge in [0.15, 0.2) is 0 Å². The fourth-order valence-corrected chi connectivity index (χ4v) is 4.93. The maximum atomic E-state index is 12.3. The summed E-state index contributed by atoms with van der Waals surface area (Å²) in [7, 11) is 0. The standard InChI is InChI=1S/C33H59NO6.H2/c1-4-5-6-7-8-9-10-11-12-13-14-15-16-20-30(36)26-29(33(39)40)22-24-32(38)34-25-18-17-19-27(2)31(37)23-21-28(3)35;/h27,29H,4-26H2,1-3H3,(H,34,38)(H,39,40);1H/t27-,29+;/m0./s1. The van der Waals surface area contributed by atoms with Gasteiger partial charge in [0, 0.05) is 46.0 Å². The van der Waals surface area contributed by atoms with E-state index < -0.39 is 11.9 Å². The maximum absolute atomic E-state index is 12.3. The lowest BCUT2D eigenvalue weighted by Crippen LogP contribution is -2.26. The summed E-state index contributed by atoms with van der Waals surface area (Å²) in [4.78, 5) is 59.1. The fraction of sp³-hybridized carbons (Fsp3) is 0.848. The molecule has 0 radical (unpaired) electrons. The largest absolute Gasteiger partial charge is 0.481 e. The first-order valence-electron chi connectivity index (χ1n) is 16.2. The van der Waals surface area contributed by atoms with E-state index in [2.05, 4.69) is 12.2 Å². The molecule has 1 amide bonds. The van der Waals surface area contributed by atoms with Crippen LogP contribution in [0.5, 0.6) is 0 Å². The number of amides is 1. The molecule has 0 aliphatic rings. The Morgan fingerprint density at radius 3 is 1.75 bits per heavy atom. The molecule has 0 saturated heterocycles. The Labute approximate surface area is 245 Å². The number of aliphatic carboxylic acids is 1. The minimum absolute atomic E-state index is 0. The Kier molecular flexibility index (Phi) is 24.6. The Morgan fingerprint density at radius 1 is 0.675 bits per heavy atom. The van der Waals surface area contributed by atoms with Crippen LogP contribution in [-0.2, 0) is 24.0 Å². The second kappa shape index (κ2) is 25.9. The van der Waals surface area contributed by atoms with Crippen molar-refractivity contribution in [3.63, 3.8) is 0 Å². The van der Waals surface area contributed by atoms with Gasteiger partial charge in [0.1, 0.15) is 17.3 Å². The molecule has 2 N–H and O–H groups in total. The van der Waals surface area contributed by atoms with Crippen molar-refractivity contribution >= 4 is 29.2 Å². The molecule has 0 aromatic carbocycles. The van der Waals surface area contributed by atoms with Gasteiger partial charge in [-0.25, -0.2) is 0 Å². The average molecular weight is 568 g/mol.